The van der Waals surface area contributed by atoms with Gasteiger partial charge in [-0.25, -0.2) is 9.97 Å². The molecule has 0 bridgehead atoms. The van der Waals surface area contributed by atoms with Gasteiger partial charge in [-0.3, -0.25) is 0 Å². The molecule has 0 aliphatic carbocycles. The average molecular weight is 149 g/mol. The second kappa shape index (κ2) is 2.98. The number of rotatable bonds is 1. The average Bonchev–Trinajstić information content (AvgIpc) is 1.85. The molecule has 0 aromatic carbocycles. The van der Waals surface area contributed by atoms with Gasteiger partial charge in [0.2, 0.25) is 0 Å². The molecule has 11 heavy (non-hydrogen) atoms. The van der Waals surface area contributed by atoms with Crippen LogP contribution in [0.25, 0.3) is 10.4 Å². The second-order valence-corrected chi connectivity index (χ2v) is 2.10. The van der Waals surface area contributed by atoms with Crippen LogP contribution in [0.15, 0.2) is 11.2 Å². The van der Waals surface area contributed by atoms with E-state index in [0.717, 1.165) is 5.69 Å². The van der Waals surface area contributed by atoms with E-state index < -0.39 is 0 Å². The van der Waals surface area contributed by atoms with Crippen LogP contribution in [0, 0.1) is 13.8 Å². The van der Waals surface area contributed by atoms with E-state index in [4.69, 9.17) is 5.53 Å². The van der Waals surface area contributed by atoms with Crippen LogP contribution < -0.4 is 0 Å². The zero-order valence-electron chi connectivity index (χ0n) is 6.31. The number of azide groups is 1. The van der Waals surface area contributed by atoms with Crippen LogP contribution in [0.5, 0.6) is 0 Å². The molecule has 0 saturated heterocycles. The Morgan fingerprint density at radius 2 is 2.18 bits per heavy atom. The number of aryl methyl sites for hydroxylation is 2. The Kier molecular flexibility index (Phi) is 2.03. The van der Waals surface area contributed by atoms with E-state index >= 15 is 0 Å². The van der Waals surface area contributed by atoms with Gasteiger partial charge in [0.05, 0.1) is 0 Å². The van der Waals surface area contributed by atoms with E-state index in [-0.39, 0.29) is 0 Å². The van der Waals surface area contributed by atoms with Crippen LogP contribution in [-0.4, -0.2) is 9.97 Å². The minimum atomic E-state index is 0.373. The first kappa shape index (κ1) is 7.50. The fraction of sp³-hybridized carbons (Fsp3) is 0.333. The Bertz CT molecular complexity index is 292. The van der Waals surface area contributed by atoms with Gasteiger partial charge < -0.3 is 0 Å². The second-order valence-electron chi connectivity index (χ2n) is 2.10. The lowest BCUT2D eigenvalue weighted by atomic mass is 10.4. The molecule has 0 atom stereocenters. The van der Waals surface area contributed by atoms with Crippen molar-refractivity contribution in [1.29, 1.82) is 0 Å². The van der Waals surface area contributed by atoms with Crippen LogP contribution in [0.2, 0.25) is 0 Å². The normalized spacial score (nSPS) is 8.91. The molecule has 0 aliphatic rings. The smallest absolute Gasteiger partial charge is 0.130 e. The molecule has 1 rings (SSSR count). The van der Waals surface area contributed by atoms with E-state index in [0.29, 0.717) is 11.6 Å². The predicted molar refractivity (Wildman–Crippen MR) is 40.3 cm³/mol. The van der Waals surface area contributed by atoms with Gasteiger partial charge in [-0.2, -0.15) is 0 Å². The molecular formula is C6H7N5. The molecule has 5 nitrogen and oxygen atoms in total. The van der Waals surface area contributed by atoms with Crippen molar-refractivity contribution >= 4 is 5.82 Å². The van der Waals surface area contributed by atoms with Gasteiger partial charge in [0.1, 0.15) is 11.6 Å². The Morgan fingerprint density at radius 1 is 1.45 bits per heavy atom. The van der Waals surface area contributed by atoms with Gasteiger partial charge in [-0.15, -0.1) is 0 Å². The highest BCUT2D eigenvalue weighted by Crippen LogP contribution is 2.08. The van der Waals surface area contributed by atoms with Crippen LogP contribution >= 0.6 is 0 Å². The molecule has 0 fully saturated rings. The van der Waals surface area contributed by atoms with Crippen molar-refractivity contribution in [3.63, 3.8) is 0 Å². The summed E-state index contributed by atoms with van der Waals surface area (Å²) in [5.74, 6) is 0.991. The highest BCUT2D eigenvalue weighted by Gasteiger charge is 1.93. The van der Waals surface area contributed by atoms with Gasteiger partial charge >= 0.3 is 0 Å². The Balaban J connectivity index is 3.18. The summed E-state index contributed by atoms with van der Waals surface area (Å²) in [6, 6.07) is 1.63. The number of hydrogen-bond acceptors (Lipinski definition) is 3. The van der Waals surface area contributed by atoms with Crippen LogP contribution in [0.1, 0.15) is 11.5 Å². The minimum Gasteiger partial charge on any atom is -0.239 e. The topological polar surface area (TPSA) is 74.5 Å². The maximum atomic E-state index is 8.10. The first-order valence-corrected chi connectivity index (χ1v) is 3.10. The van der Waals surface area contributed by atoms with Crippen molar-refractivity contribution in [2.24, 2.45) is 5.11 Å². The molecule has 0 radical (unpaired) electrons. The van der Waals surface area contributed by atoms with E-state index in [1.54, 1.807) is 13.0 Å². The van der Waals surface area contributed by atoms with Crippen LogP contribution in [0.3, 0.4) is 0 Å². The lowest BCUT2D eigenvalue weighted by molar-refractivity contribution is 1.00. The van der Waals surface area contributed by atoms with Gasteiger partial charge in [0.15, 0.2) is 0 Å². The lowest BCUT2D eigenvalue weighted by Crippen LogP contribution is -1.88. The summed E-state index contributed by atoms with van der Waals surface area (Å²) in [4.78, 5) is 10.5. The predicted octanol–water partition coefficient (Wildman–Crippen LogP) is 2.04. The molecule has 0 N–H and O–H groups in total. The largest absolute Gasteiger partial charge is 0.239 e. The number of nitrogens with zero attached hydrogens (tertiary/aromatic N) is 5. The first-order chi connectivity index (χ1) is 5.22. The molecular weight excluding hydrogens is 142 g/mol. The summed E-state index contributed by atoms with van der Waals surface area (Å²) in [5, 5.41) is 3.36. The molecule has 0 spiro atoms. The van der Waals surface area contributed by atoms with E-state index in [1.165, 1.54) is 0 Å². The molecule has 5 heteroatoms. The third kappa shape index (κ3) is 1.91. The molecule has 0 aliphatic heterocycles. The lowest BCUT2D eigenvalue weighted by Gasteiger charge is -1.95. The first-order valence-electron chi connectivity index (χ1n) is 3.10. The summed E-state index contributed by atoms with van der Waals surface area (Å²) in [6.07, 6.45) is 0. The summed E-state index contributed by atoms with van der Waals surface area (Å²) >= 11 is 0. The van der Waals surface area contributed by atoms with E-state index in [1.807, 2.05) is 6.92 Å². The monoisotopic (exact) mass is 149 g/mol. The fourth-order valence-corrected chi connectivity index (χ4v) is 0.794. The van der Waals surface area contributed by atoms with Gasteiger partial charge in [-0.05, 0) is 30.6 Å². The zero-order valence-corrected chi connectivity index (χ0v) is 6.31. The summed E-state index contributed by atoms with van der Waals surface area (Å²) in [7, 11) is 0. The number of hydrogen-bond donors (Lipinski definition) is 0. The van der Waals surface area contributed by atoms with Crippen molar-refractivity contribution < 1.29 is 0 Å². The maximum absolute atomic E-state index is 8.10. The third-order valence-electron chi connectivity index (χ3n) is 1.10. The fourth-order valence-electron chi connectivity index (χ4n) is 0.794. The van der Waals surface area contributed by atoms with E-state index in [2.05, 4.69) is 20.0 Å². The van der Waals surface area contributed by atoms with Gasteiger partial charge in [0.25, 0.3) is 0 Å². The van der Waals surface area contributed by atoms with Crippen molar-refractivity contribution in [2.45, 2.75) is 13.8 Å². The number of aromatic nitrogens is 2. The van der Waals surface area contributed by atoms with Gasteiger partial charge in [0, 0.05) is 10.6 Å². The standard InChI is InChI=1S/C6H7N5/c1-4-3-6(10-11-7)9-5(2)8-4/h3H,1-2H3. The van der Waals surface area contributed by atoms with Crippen molar-refractivity contribution in [3.05, 3.63) is 28.0 Å². The molecule has 1 aromatic rings. The minimum absolute atomic E-state index is 0.373. The molecule has 1 heterocycles. The Labute approximate surface area is 63.7 Å². The van der Waals surface area contributed by atoms with E-state index in [9.17, 15) is 0 Å². The van der Waals surface area contributed by atoms with Crippen molar-refractivity contribution in [2.75, 3.05) is 0 Å². The van der Waals surface area contributed by atoms with Crippen molar-refractivity contribution in [3.8, 4) is 0 Å². The SMILES string of the molecule is Cc1cc(N=[N+]=[N-])nc(C)n1. The highest BCUT2D eigenvalue weighted by molar-refractivity contribution is 5.28. The maximum Gasteiger partial charge on any atom is 0.130 e. The van der Waals surface area contributed by atoms with Crippen LogP contribution in [0.4, 0.5) is 5.82 Å². The molecule has 1 aromatic heterocycles. The Morgan fingerprint density at radius 3 is 2.73 bits per heavy atom. The molecule has 0 unspecified atom stereocenters. The molecule has 0 saturated carbocycles. The molecule has 56 valence electrons. The summed E-state index contributed by atoms with van der Waals surface area (Å²) < 4.78 is 0. The van der Waals surface area contributed by atoms with Crippen LogP contribution in [-0.2, 0) is 0 Å². The molecule has 0 amide bonds. The van der Waals surface area contributed by atoms with Crippen molar-refractivity contribution in [1.82, 2.24) is 9.97 Å². The summed E-state index contributed by atoms with van der Waals surface area (Å²) in [5.41, 5.74) is 8.90. The van der Waals surface area contributed by atoms with Gasteiger partial charge in [-0.1, -0.05) is 0 Å². The Hall–Kier alpha value is -1.61. The quantitative estimate of drug-likeness (QED) is 0.348. The summed E-state index contributed by atoms with van der Waals surface area (Å²) in [6.45, 7) is 3.58. The zero-order chi connectivity index (χ0) is 8.27. The third-order valence-corrected chi connectivity index (χ3v) is 1.10. The highest BCUT2D eigenvalue weighted by atomic mass is 15.2.